The lowest BCUT2D eigenvalue weighted by molar-refractivity contribution is -0.123. The molecule has 3 atom stereocenters. The normalized spacial score (nSPS) is 22.7. The van der Waals surface area contributed by atoms with Crippen LogP contribution < -0.4 is 25.8 Å². The number of nitrogens with zero attached hydrogens (tertiary/aromatic N) is 1. The van der Waals surface area contributed by atoms with Crippen molar-refractivity contribution in [2.45, 2.75) is 38.4 Å². The van der Waals surface area contributed by atoms with Crippen molar-refractivity contribution >= 4 is 22.6 Å². The average Bonchev–Trinajstić information content (AvgIpc) is 3.13. The zero-order chi connectivity index (χ0) is 24.2. The summed E-state index contributed by atoms with van der Waals surface area (Å²) in [5, 5.41) is 7.23. The van der Waals surface area contributed by atoms with Crippen LogP contribution in [0.2, 0.25) is 0 Å². The highest BCUT2D eigenvalue weighted by Gasteiger charge is 2.41. The van der Waals surface area contributed by atoms with Crippen molar-refractivity contribution in [3.05, 3.63) is 29.5 Å². The molecule has 2 fully saturated rings. The number of hydrogen-bond donors (Lipinski definition) is 3. The minimum absolute atomic E-state index is 0.0623. The van der Waals surface area contributed by atoms with E-state index in [9.17, 15) is 14.0 Å². The molecule has 34 heavy (non-hydrogen) atoms. The molecule has 0 spiro atoms. The lowest BCUT2D eigenvalue weighted by Crippen LogP contribution is -2.34. The quantitative estimate of drug-likeness (QED) is 0.558. The zero-order valence-electron chi connectivity index (χ0n) is 19.3. The number of rotatable bonds is 6. The maximum atomic E-state index is 14.2. The van der Waals surface area contributed by atoms with Crippen LogP contribution in [0.5, 0.6) is 11.6 Å². The van der Waals surface area contributed by atoms with Crippen LogP contribution in [0.1, 0.15) is 42.1 Å². The van der Waals surface area contributed by atoms with E-state index in [4.69, 9.17) is 15.2 Å². The largest absolute Gasteiger partial charge is 0.496 e. The van der Waals surface area contributed by atoms with Crippen molar-refractivity contribution in [1.29, 1.82) is 0 Å². The number of methoxy groups -OCH3 is 1. The van der Waals surface area contributed by atoms with Crippen molar-refractivity contribution in [3.63, 3.8) is 0 Å². The van der Waals surface area contributed by atoms with E-state index in [0.29, 0.717) is 28.5 Å². The molecule has 0 radical (unpaired) electrons. The highest BCUT2D eigenvalue weighted by Crippen LogP contribution is 2.33. The van der Waals surface area contributed by atoms with Crippen molar-refractivity contribution in [3.8, 4) is 23.5 Å². The van der Waals surface area contributed by atoms with Gasteiger partial charge >= 0.3 is 0 Å². The molecule has 0 unspecified atom stereocenters. The van der Waals surface area contributed by atoms with Gasteiger partial charge < -0.3 is 25.8 Å². The Bertz CT molecular complexity index is 1150. The first-order valence-corrected chi connectivity index (χ1v) is 11.5. The number of nitrogens with one attached hydrogen (secondary N) is 2. The molecule has 2 aliphatic rings. The fraction of sp³-hybridized carbons (Fsp3) is 0.480. The zero-order valence-corrected chi connectivity index (χ0v) is 19.3. The second-order valence-electron chi connectivity index (χ2n) is 8.63. The Morgan fingerprint density at radius 1 is 1.29 bits per heavy atom. The first-order valence-electron chi connectivity index (χ1n) is 11.5. The van der Waals surface area contributed by atoms with Crippen LogP contribution in [0, 0.1) is 23.7 Å². The van der Waals surface area contributed by atoms with Crippen LogP contribution in [0.3, 0.4) is 0 Å². The Labute approximate surface area is 197 Å². The minimum Gasteiger partial charge on any atom is -0.496 e. The van der Waals surface area contributed by atoms with E-state index in [1.165, 1.54) is 7.11 Å². The number of halogens is 1. The van der Waals surface area contributed by atoms with E-state index < -0.39 is 29.9 Å². The molecule has 2 saturated heterocycles. The number of carbonyl (C=O) groups is 2. The standard InChI is InChI=1S/C25H29FN4O4/c1-3-16-20(30-24(32)22(16)26)13-34-25-18-11-21(33-2)19(23(27)31)10-17(18)15(12-29-25)5-4-14-6-8-28-9-7-14/h10-12,14,16,20,22,28H,3,6-9,13H2,1-2H3,(H2,27,31)(H,30,32)/t16-,20+,22-/m0/s1. The fourth-order valence-corrected chi connectivity index (χ4v) is 4.56. The van der Waals surface area contributed by atoms with Gasteiger partial charge in [-0.2, -0.15) is 0 Å². The summed E-state index contributed by atoms with van der Waals surface area (Å²) >= 11 is 0. The summed E-state index contributed by atoms with van der Waals surface area (Å²) in [5.41, 5.74) is 6.45. The summed E-state index contributed by atoms with van der Waals surface area (Å²) < 4.78 is 25.5. The number of amides is 2. The Balaban J connectivity index is 1.70. The van der Waals surface area contributed by atoms with E-state index in [1.807, 2.05) is 6.92 Å². The number of fused-ring (bicyclic) bond motifs is 1. The first kappa shape index (κ1) is 23.8. The van der Waals surface area contributed by atoms with Gasteiger partial charge in [-0.1, -0.05) is 18.8 Å². The Hall–Kier alpha value is -3.38. The molecule has 2 amide bonds. The highest BCUT2D eigenvalue weighted by atomic mass is 19.1. The maximum absolute atomic E-state index is 14.2. The van der Waals surface area contributed by atoms with Crippen LogP contribution >= 0.6 is 0 Å². The number of hydrogen-bond acceptors (Lipinski definition) is 6. The Morgan fingerprint density at radius 2 is 2.06 bits per heavy atom. The Morgan fingerprint density at radius 3 is 2.74 bits per heavy atom. The summed E-state index contributed by atoms with van der Waals surface area (Å²) in [5.74, 6) is 5.69. The molecule has 9 heteroatoms. The fourth-order valence-electron chi connectivity index (χ4n) is 4.56. The predicted molar refractivity (Wildman–Crippen MR) is 125 cm³/mol. The SMILES string of the molecule is CC[C@@H]1[C@H](F)C(=O)N[C@@H]1COc1ncc(C#CC2CCNCC2)c2cc(C(N)=O)c(OC)cc12. The summed E-state index contributed by atoms with van der Waals surface area (Å²) in [7, 11) is 1.45. The van der Waals surface area contributed by atoms with Gasteiger partial charge in [-0.3, -0.25) is 9.59 Å². The third-order valence-electron chi connectivity index (χ3n) is 6.53. The van der Waals surface area contributed by atoms with Gasteiger partial charge in [0.15, 0.2) is 6.17 Å². The summed E-state index contributed by atoms with van der Waals surface area (Å²) in [6.45, 7) is 3.77. The number of pyridine rings is 1. The number of benzene rings is 1. The summed E-state index contributed by atoms with van der Waals surface area (Å²) in [6, 6.07) is 2.83. The molecule has 0 bridgehead atoms. The van der Waals surface area contributed by atoms with Crippen LogP contribution in [0.15, 0.2) is 18.3 Å². The van der Waals surface area contributed by atoms with Crippen LogP contribution in [-0.2, 0) is 4.79 Å². The number of primary amides is 1. The van der Waals surface area contributed by atoms with Gasteiger partial charge in [0, 0.05) is 28.8 Å². The third-order valence-corrected chi connectivity index (χ3v) is 6.53. The molecule has 2 aromatic rings. The molecule has 1 aromatic carbocycles. The van der Waals surface area contributed by atoms with Crippen LogP contribution in [0.25, 0.3) is 10.8 Å². The molecular weight excluding hydrogens is 439 g/mol. The van der Waals surface area contributed by atoms with Crippen molar-refractivity contribution in [2.75, 3.05) is 26.8 Å². The summed E-state index contributed by atoms with van der Waals surface area (Å²) in [6.07, 6.45) is 2.51. The van der Waals surface area contributed by atoms with Gasteiger partial charge in [-0.25, -0.2) is 9.37 Å². The molecule has 180 valence electrons. The molecule has 1 aromatic heterocycles. The lowest BCUT2D eigenvalue weighted by atomic mass is 9.97. The first-order chi connectivity index (χ1) is 16.4. The molecular formula is C25H29FN4O4. The molecule has 0 saturated carbocycles. The second-order valence-corrected chi connectivity index (χ2v) is 8.63. The number of carbonyl (C=O) groups excluding carboxylic acids is 2. The minimum atomic E-state index is -1.55. The van der Waals surface area contributed by atoms with E-state index in [2.05, 4.69) is 27.5 Å². The smallest absolute Gasteiger partial charge is 0.255 e. The number of nitrogens with two attached hydrogens (primary N) is 1. The molecule has 0 aliphatic carbocycles. The molecule has 3 heterocycles. The van der Waals surface area contributed by atoms with Gasteiger partial charge in [-0.05, 0) is 44.5 Å². The summed E-state index contributed by atoms with van der Waals surface area (Å²) in [4.78, 5) is 28.3. The van der Waals surface area contributed by atoms with Gasteiger partial charge in [0.2, 0.25) is 5.88 Å². The van der Waals surface area contributed by atoms with Crippen LogP contribution in [0.4, 0.5) is 4.39 Å². The number of ether oxygens (including phenoxy) is 2. The molecule has 2 aliphatic heterocycles. The molecule has 4 N–H and O–H groups in total. The van der Waals surface area contributed by atoms with Gasteiger partial charge in [0.25, 0.3) is 11.8 Å². The maximum Gasteiger partial charge on any atom is 0.255 e. The van der Waals surface area contributed by atoms with Gasteiger partial charge in [0.05, 0.1) is 24.3 Å². The highest BCUT2D eigenvalue weighted by molar-refractivity contribution is 6.03. The Kier molecular flexibility index (Phi) is 7.17. The monoisotopic (exact) mass is 468 g/mol. The van der Waals surface area contributed by atoms with Crippen molar-refractivity contribution < 1.29 is 23.5 Å². The van der Waals surface area contributed by atoms with Gasteiger partial charge in [0.1, 0.15) is 12.4 Å². The number of aromatic nitrogens is 1. The van der Waals surface area contributed by atoms with E-state index in [-0.39, 0.29) is 24.0 Å². The van der Waals surface area contributed by atoms with E-state index in [0.717, 1.165) is 25.9 Å². The number of alkyl halides is 1. The van der Waals surface area contributed by atoms with E-state index >= 15 is 0 Å². The molecule has 4 rings (SSSR count). The van der Waals surface area contributed by atoms with E-state index in [1.54, 1.807) is 18.3 Å². The van der Waals surface area contributed by atoms with Crippen molar-refractivity contribution in [2.24, 2.45) is 17.6 Å². The average molecular weight is 469 g/mol. The second kappa shape index (κ2) is 10.3. The predicted octanol–water partition coefficient (Wildman–Crippen LogP) is 1.93. The lowest BCUT2D eigenvalue weighted by Gasteiger charge is -2.19. The van der Waals surface area contributed by atoms with Gasteiger partial charge in [-0.15, -0.1) is 0 Å². The number of piperidine rings is 1. The van der Waals surface area contributed by atoms with Crippen LogP contribution in [-0.4, -0.2) is 55.8 Å². The van der Waals surface area contributed by atoms with Crippen molar-refractivity contribution in [1.82, 2.24) is 15.6 Å². The topological polar surface area (TPSA) is 116 Å². The molecule has 8 nitrogen and oxygen atoms in total. The third kappa shape index (κ3) is 4.77.